The molecule has 0 aromatic heterocycles. The van der Waals surface area contributed by atoms with Crippen molar-refractivity contribution in [2.45, 2.75) is 44.4 Å². The van der Waals surface area contributed by atoms with Crippen LogP contribution in [0.15, 0.2) is 29.2 Å². The average molecular weight is 281 g/mol. The summed E-state index contributed by atoms with van der Waals surface area (Å²) in [5.74, 6) is 0.453. The molecule has 0 unspecified atom stereocenters. The molecule has 3 nitrogen and oxygen atoms in total. The average Bonchev–Trinajstić information content (AvgIpc) is 2.26. The summed E-state index contributed by atoms with van der Waals surface area (Å²) >= 11 is 0. The second-order valence-corrected chi connectivity index (χ2v) is 8.10. The van der Waals surface area contributed by atoms with E-state index in [-0.39, 0.29) is 5.41 Å². The highest BCUT2D eigenvalue weighted by Gasteiger charge is 2.31. The molecular formula is C15H23NO2S. The van der Waals surface area contributed by atoms with Crippen molar-refractivity contribution >= 4 is 10.0 Å². The second kappa shape index (κ2) is 4.91. The fourth-order valence-corrected chi connectivity index (χ4v) is 3.63. The fraction of sp³-hybridized carbons (Fsp3) is 0.600. The predicted octanol–water partition coefficient (Wildman–Crippen LogP) is 3.01. The lowest BCUT2D eigenvalue weighted by atomic mass is 9.75. The zero-order valence-electron chi connectivity index (χ0n) is 12.2. The van der Waals surface area contributed by atoms with Crippen molar-refractivity contribution in [3.05, 3.63) is 29.8 Å². The van der Waals surface area contributed by atoms with Crippen LogP contribution in [0.1, 0.15) is 39.7 Å². The molecule has 4 heteroatoms. The lowest BCUT2D eigenvalue weighted by Gasteiger charge is -2.32. The first kappa shape index (κ1) is 14.5. The number of hydrogen-bond acceptors (Lipinski definition) is 2. The number of rotatable bonds is 4. The first-order valence-corrected chi connectivity index (χ1v) is 8.31. The summed E-state index contributed by atoms with van der Waals surface area (Å²) < 4.78 is 26.3. The van der Waals surface area contributed by atoms with Gasteiger partial charge in [0.2, 0.25) is 10.0 Å². The molecule has 0 aliphatic carbocycles. The molecule has 0 radical (unpaired) electrons. The molecule has 0 bridgehead atoms. The summed E-state index contributed by atoms with van der Waals surface area (Å²) in [5.41, 5.74) is 1.06. The van der Waals surface area contributed by atoms with Gasteiger partial charge >= 0.3 is 0 Å². The Hall–Kier alpha value is -0.870. The highest BCUT2D eigenvalue weighted by molar-refractivity contribution is 7.89. The van der Waals surface area contributed by atoms with Crippen LogP contribution in [0.25, 0.3) is 0 Å². The van der Waals surface area contributed by atoms with Crippen LogP contribution in [0.2, 0.25) is 0 Å². The van der Waals surface area contributed by atoms with Gasteiger partial charge in [-0.05, 0) is 35.4 Å². The van der Waals surface area contributed by atoms with Gasteiger partial charge < -0.3 is 0 Å². The highest BCUT2D eigenvalue weighted by atomic mass is 32.2. The topological polar surface area (TPSA) is 37.4 Å². The third-order valence-electron chi connectivity index (χ3n) is 4.47. The van der Waals surface area contributed by atoms with Crippen LogP contribution in [0, 0.1) is 5.92 Å². The van der Waals surface area contributed by atoms with Crippen molar-refractivity contribution < 1.29 is 8.42 Å². The van der Waals surface area contributed by atoms with Gasteiger partial charge in [-0.3, -0.25) is 0 Å². The third-order valence-corrected chi connectivity index (χ3v) is 6.37. The molecule has 0 spiro atoms. The van der Waals surface area contributed by atoms with E-state index in [4.69, 9.17) is 0 Å². The maximum Gasteiger partial charge on any atom is 0.243 e. The summed E-state index contributed by atoms with van der Waals surface area (Å²) in [5, 5.41) is 0. The van der Waals surface area contributed by atoms with E-state index in [2.05, 4.69) is 27.7 Å². The SMILES string of the molecule is CC(C)C(C)(C)c1cccc(S(=O)(=O)N2CCC2)c1. The smallest absolute Gasteiger partial charge is 0.207 e. The van der Waals surface area contributed by atoms with Crippen LogP contribution in [0.5, 0.6) is 0 Å². The quantitative estimate of drug-likeness (QED) is 0.850. The van der Waals surface area contributed by atoms with Crippen molar-refractivity contribution in [1.29, 1.82) is 0 Å². The van der Waals surface area contributed by atoms with Gasteiger partial charge in [-0.25, -0.2) is 8.42 Å². The zero-order valence-corrected chi connectivity index (χ0v) is 13.0. The van der Waals surface area contributed by atoms with Gasteiger partial charge in [0.1, 0.15) is 0 Å². The molecule has 1 aliphatic rings. The van der Waals surface area contributed by atoms with Gasteiger partial charge in [-0.15, -0.1) is 0 Å². The first-order chi connectivity index (χ1) is 8.76. The van der Waals surface area contributed by atoms with E-state index in [9.17, 15) is 8.42 Å². The Kier molecular flexibility index (Phi) is 3.76. The van der Waals surface area contributed by atoms with Crippen LogP contribution >= 0.6 is 0 Å². The lowest BCUT2D eigenvalue weighted by molar-refractivity contribution is 0.309. The van der Waals surface area contributed by atoms with Crippen molar-refractivity contribution in [2.24, 2.45) is 5.92 Å². The standard InChI is InChI=1S/C15H23NO2S/c1-12(2)15(3,4)13-7-5-8-14(11-13)19(17,18)16-9-6-10-16/h5,7-8,11-12H,6,9-10H2,1-4H3. The maximum atomic E-state index is 12.4. The minimum absolute atomic E-state index is 0.0273. The molecule has 1 aromatic carbocycles. The summed E-state index contributed by atoms with van der Waals surface area (Å²) in [6.45, 7) is 9.95. The largest absolute Gasteiger partial charge is 0.243 e. The summed E-state index contributed by atoms with van der Waals surface area (Å²) in [7, 11) is -3.28. The van der Waals surface area contributed by atoms with Crippen molar-refractivity contribution in [3.63, 3.8) is 0 Å². The summed E-state index contributed by atoms with van der Waals surface area (Å²) in [6.07, 6.45) is 0.969. The van der Waals surface area contributed by atoms with E-state index in [1.165, 1.54) is 0 Å². The lowest BCUT2D eigenvalue weighted by Crippen LogP contribution is -2.42. The van der Waals surface area contributed by atoms with E-state index in [0.717, 1.165) is 12.0 Å². The molecule has 1 heterocycles. The van der Waals surface area contributed by atoms with Gasteiger partial charge in [0.15, 0.2) is 0 Å². The van der Waals surface area contributed by atoms with Gasteiger partial charge in [0.05, 0.1) is 4.90 Å². The first-order valence-electron chi connectivity index (χ1n) is 6.87. The zero-order chi connectivity index (χ0) is 14.3. The van der Waals surface area contributed by atoms with Crippen molar-refractivity contribution in [1.82, 2.24) is 4.31 Å². The normalized spacial score (nSPS) is 17.5. The Morgan fingerprint density at radius 2 is 1.84 bits per heavy atom. The van der Waals surface area contributed by atoms with Gasteiger partial charge in [-0.2, -0.15) is 4.31 Å². The monoisotopic (exact) mass is 281 g/mol. The second-order valence-electron chi connectivity index (χ2n) is 6.16. The number of hydrogen-bond donors (Lipinski definition) is 0. The Morgan fingerprint density at radius 1 is 1.21 bits per heavy atom. The van der Waals surface area contributed by atoms with Gasteiger partial charge in [0.25, 0.3) is 0 Å². The molecule has 1 saturated heterocycles. The number of nitrogens with zero attached hydrogens (tertiary/aromatic N) is 1. The molecule has 19 heavy (non-hydrogen) atoms. The minimum Gasteiger partial charge on any atom is -0.207 e. The predicted molar refractivity (Wildman–Crippen MR) is 77.7 cm³/mol. The van der Waals surface area contributed by atoms with Gasteiger partial charge in [0, 0.05) is 13.1 Å². The van der Waals surface area contributed by atoms with Crippen molar-refractivity contribution in [2.75, 3.05) is 13.1 Å². The molecule has 0 N–H and O–H groups in total. The van der Waals surface area contributed by atoms with Gasteiger partial charge in [-0.1, -0.05) is 39.8 Å². The van der Waals surface area contributed by atoms with E-state index in [1.54, 1.807) is 10.4 Å². The summed E-state index contributed by atoms with van der Waals surface area (Å²) in [6, 6.07) is 7.42. The van der Waals surface area contributed by atoms with E-state index >= 15 is 0 Å². The molecule has 0 amide bonds. The number of sulfonamides is 1. The summed E-state index contributed by atoms with van der Waals surface area (Å²) in [4.78, 5) is 0.429. The molecule has 1 aromatic rings. The Balaban J connectivity index is 2.40. The molecule has 1 fully saturated rings. The van der Waals surface area contributed by atoms with Crippen LogP contribution in [0.4, 0.5) is 0 Å². The van der Waals surface area contributed by atoms with Crippen LogP contribution in [-0.4, -0.2) is 25.8 Å². The Bertz CT molecular complexity index is 557. The van der Waals surface area contributed by atoms with Crippen LogP contribution in [0.3, 0.4) is 0 Å². The minimum atomic E-state index is -3.28. The highest BCUT2D eigenvalue weighted by Crippen LogP contribution is 2.33. The van der Waals surface area contributed by atoms with Crippen molar-refractivity contribution in [3.8, 4) is 0 Å². The fourth-order valence-electron chi connectivity index (χ4n) is 2.07. The van der Waals surface area contributed by atoms with E-state index in [0.29, 0.717) is 23.9 Å². The van der Waals surface area contributed by atoms with Crippen LogP contribution in [-0.2, 0) is 15.4 Å². The Morgan fingerprint density at radius 3 is 2.32 bits per heavy atom. The molecule has 2 rings (SSSR count). The molecule has 1 aliphatic heterocycles. The maximum absolute atomic E-state index is 12.4. The molecule has 106 valence electrons. The van der Waals surface area contributed by atoms with E-state index < -0.39 is 10.0 Å². The Labute approximate surface area is 116 Å². The van der Waals surface area contributed by atoms with E-state index in [1.807, 2.05) is 18.2 Å². The molecular weight excluding hydrogens is 258 g/mol. The third kappa shape index (κ3) is 2.56. The van der Waals surface area contributed by atoms with Crippen LogP contribution < -0.4 is 0 Å². The molecule has 0 atom stereocenters. The number of benzene rings is 1. The molecule has 0 saturated carbocycles.